The van der Waals surface area contributed by atoms with Crippen LogP contribution in [0.3, 0.4) is 0 Å². The predicted octanol–water partition coefficient (Wildman–Crippen LogP) is 1.19. The highest BCUT2D eigenvalue weighted by molar-refractivity contribution is 6.03. The van der Waals surface area contributed by atoms with Crippen LogP contribution in [0.1, 0.15) is 22.0 Å². The molecule has 1 heterocycles. The average molecular weight is 304 g/mol. The first-order valence-electron chi connectivity index (χ1n) is 6.35. The van der Waals surface area contributed by atoms with Crippen molar-refractivity contribution in [1.82, 2.24) is 0 Å². The van der Waals surface area contributed by atoms with Gasteiger partial charge in [-0.2, -0.15) is 0 Å². The van der Waals surface area contributed by atoms with Crippen molar-refractivity contribution >= 4 is 5.78 Å². The fourth-order valence-corrected chi connectivity index (χ4v) is 2.31. The fourth-order valence-electron chi connectivity index (χ4n) is 2.31. The molecule has 0 bridgehead atoms. The zero-order valence-corrected chi connectivity index (χ0v) is 11.1. The predicted molar refractivity (Wildman–Crippen MR) is 73.2 cm³/mol. The Morgan fingerprint density at radius 1 is 0.864 bits per heavy atom. The highest BCUT2D eigenvalue weighted by Crippen LogP contribution is 2.41. The molecule has 114 valence electrons. The highest BCUT2D eigenvalue weighted by atomic mass is 16.5. The van der Waals surface area contributed by atoms with Crippen LogP contribution in [0, 0.1) is 0 Å². The standard InChI is InChI=1S/C15H12O7/c16-8-2-1-6(3-9(8)17)15-14(21)13(20)7-4-10(18)11(19)5-12(7)22-15/h1-5,14-19,21H/t14-,15-/m1/s1. The Morgan fingerprint density at radius 3 is 2.18 bits per heavy atom. The number of hydrogen-bond donors (Lipinski definition) is 5. The second-order valence-electron chi connectivity index (χ2n) is 4.93. The van der Waals surface area contributed by atoms with Crippen LogP contribution in [0.2, 0.25) is 0 Å². The summed E-state index contributed by atoms with van der Waals surface area (Å²) in [7, 11) is 0. The lowest BCUT2D eigenvalue weighted by molar-refractivity contribution is 0.0214. The second kappa shape index (κ2) is 4.81. The molecule has 0 fully saturated rings. The molecule has 22 heavy (non-hydrogen) atoms. The minimum Gasteiger partial charge on any atom is -0.504 e. The molecule has 1 aliphatic rings. The maximum atomic E-state index is 12.2. The van der Waals surface area contributed by atoms with Gasteiger partial charge in [-0.15, -0.1) is 0 Å². The van der Waals surface area contributed by atoms with Gasteiger partial charge in [0.05, 0.1) is 5.56 Å². The zero-order valence-electron chi connectivity index (χ0n) is 11.1. The number of ketones is 1. The van der Waals surface area contributed by atoms with Crippen LogP contribution in [-0.2, 0) is 0 Å². The molecule has 7 heteroatoms. The van der Waals surface area contributed by atoms with Crippen molar-refractivity contribution in [1.29, 1.82) is 0 Å². The van der Waals surface area contributed by atoms with Crippen molar-refractivity contribution in [2.75, 3.05) is 0 Å². The molecule has 2 aromatic carbocycles. The molecule has 0 unspecified atom stereocenters. The summed E-state index contributed by atoms with van der Waals surface area (Å²) in [6.07, 6.45) is -2.67. The SMILES string of the molecule is O=C1c2cc(O)c(O)cc2O[C@H](c2ccc(O)c(O)c2)[C@@H]1O. The van der Waals surface area contributed by atoms with E-state index in [1.54, 1.807) is 0 Å². The van der Waals surface area contributed by atoms with Crippen LogP contribution < -0.4 is 4.74 Å². The van der Waals surface area contributed by atoms with Gasteiger partial charge in [0.25, 0.3) is 0 Å². The van der Waals surface area contributed by atoms with E-state index in [-0.39, 0.29) is 22.6 Å². The smallest absolute Gasteiger partial charge is 0.199 e. The van der Waals surface area contributed by atoms with Crippen molar-refractivity contribution in [3.8, 4) is 28.7 Å². The van der Waals surface area contributed by atoms with Crippen LogP contribution in [0.15, 0.2) is 30.3 Å². The molecule has 5 N–H and O–H groups in total. The molecule has 0 radical (unpaired) electrons. The third kappa shape index (κ3) is 2.08. The summed E-state index contributed by atoms with van der Waals surface area (Å²) >= 11 is 0. The molecular formula is C15H12O7. The van der Waals surface area contributed by atoms with Crippen molar-refractivity contribution in [2.24, 2.45) is 0 Å². The molecule has 0 spiro atoms. The first-order valence-corrected chi connectivity index (χ1v) is 6.35. The number of aliphatic hydroxyl groups is 1. The molecule has 3 rings (SSSR count). The summed E-state index contributed by atoms with van der Waals surface area (Å²) in [4.78, 5) is 12.2. The number of benzene rings is 2. The Hall–Kier alpha value is -2.93. The van der Waals surface area contributed by atoms with E-state index in [2.05, 4.69) is 0 Å². The third-order valence-electron chi connectivity index (χ3n) is 3.48. The Morgan fingerprint density at radius 2 is 1.50 bits per heavy atom. The van der Waals surface area contributed by atoms with E-state index in [1.807, 2.05) is 0 Å². The largest absolute Gasteiger partial charge is 0.504 e. The first kappa shape index (κ1) is 14.0. The zero-order chi connectivity index (χ0) is 16.0. The molecule has 2 aromatic rings. The van der Waals surface area contributed by atoms with E-state index in [0.29, 0.717) is 0 Å². The van der Waals surface area contributed by atoms with E-state index < -0.39 is 35.2 Å². The van der Waals surface area contributed by atoms with Crippen molar-refractivity contribution in [3.63, 3.8) is 0 Å². The summed E-state index contributed by atoms with van der Waals surface area (Å²) in [6, 6.07) is 5.85. The lowest BCUT2D eigenvalue weighted by Gasteiger charge is -2.30. The minimum absolute atomic E-state index is 0.00293. The maximum Gasteiger partial charge on any atom is 0.199 e. The van der Waals surface area contributed by atoms with Gasteiger partial charge in [-0.25, -0.2) is 0 Å². The Balaban J connectivity index is 2.06. The topological polar surface area (TPSA) is 127 Å². The Kier molecular flexibility index (Phi) is 3.07. The van der Waals surface area contributed by atoms with Crippen molar-refractivity contribution in [3.05, 3.63) is 41.5 Å². The monoisotopic (exact) mass is 304 g/mol. The number of carbonyl (C=O) groups is 1. The number of fused-ring (bicyclic) bond motifs is 1. The number of aliphatic hydroxyl groups excluding tert-OH is 1. The average Bonchev–Trinajstić information content (AvgIpc) is 2.48. The number of phenols is 4. The molecule has 0 amide bonds. The Labute approximate surface area is 124 Å². The normalized spacial score (nSPS) is 20.3. The molecule has 1 aliphatic heterocycles. The number of ether oxygens (including phenoxy) is 1. The number of aromatic hydroxyl groups is 4. The quantitative estimate of drug-likeness (QED) is 0.501. The summed E-state index contributed by atoms with van der Waals surface area (Å²) < 4.78 is 5.50. The summed E-state index contributed by atoms with van der Waals surface area (Å²) in [6.45, 7) is 0. The first-order chi connectivity index (χ1) is 10.4. The van der Waals surface area contributed by atoms with Gasteiger partial charge < -0.3 is 30.3 Å². The lowest BCUT2D eigenvalue weighted by Crippen LogP contribution is -2.36. The van der Waals surface area contributed by atoms with Gasteiger partial charge in [-0.05, 0) is 23.8 Å². The molecular weight excluding hydrogens is 292 g/mol. The van der Waals surface area contributed by atoms with E-state index in [9.17, 15) is 30.3 Å². The van der Waals surface area contributed by atoms with Gasteiger partial charge in [-0.3, -0.25) is 4.79 Å². The van der Waals surface area contributed by atoms with Gasteiger partial charge in [0.15, 0.2) is 41.0 Å². The molecule has 0 saturated carbocycles. The molecule has 2 atom stereocenters. The maximum absolute atomic E-state index is 12.2. The van der Waals surface area contributed by atoms with Crippen LogP contribution in [0.4, 0.5) is 0 Å². The lowest BCUT2D eigenvalue weighted by atomic mass is 9.93. The summed E-state index contributed by atoms with van der Waals surface area (Å²) in [5.74, 6) is -2.40. The molecule has 0 aromatic heterocycles. The number of hydrogen-bond acceptors (Lipinski definition) is 7. The third-order valence-corrected chi connectivity index (χ3v) is 3.48. The van der Waals surface area contributed by atoms with Crippen molar-refractivity contribution in [2.45, 2.75) is 12.2 Å². The van der Waals surface area contributed by atoms with Crippen molar-refractivity contribution < 1.29 is 35.1 Å². The van der Waals surface area contributed by atoms with Gasteiger partial charge in [0.2, 0.25) is 0 Å². The minimum atomic E-state index is -1.56. The van der Waals surface area contributed by atoms with Crippen LogP contribution in [-0.4, -0.2) is 37.4 Å². The van der Waals surface area contributed by atoms with Crippen LogP contribution >= 0.6 is 0 Å². The number of phenolic OH excluding ortho intramolecular Hbond substituents is 4. The number of carbonyl (C=O) groups excluding carboxylic acids is 1. The highest BCUT2D eigenvalue weighted by Gasteiger charge is 2.38. The number of rotatable bonds is 1. The van der Waals surface area contributed by atoms with E-state index in [0.717, 1.165) is 12.1 Å². The van der Waals surface area contributed by atoms with Gasteiger partial charge in [0.1, 0.15) is 5.75 Å². The van der Waals surface area contributed by atoms with E-state index in [4.69, 9.17) is 4.74 Å². The van der Waals surface area contributed by atoms with Gasteiger partial charge in [-0.1, -0.05) is 6.07 Å². The van der Waals surface area contributed by atoms with Crippen LogP contribution in [0.5, 0.6) is 28.7 Å². The summed E-state index contributed by atoms with van der Waals surface area (Å²) in [5.41, 5.74) is 0.219. The van der Waals surface area contributed by atoms with E-state index >= 15 is 0 Å². The van der Waals surface area contributed by atoms with E-state index in [1.165, 1.54) is 18.2 Å². The molecule has 7 nitrogen and oxygen atoms in total. The summed E-state index contributed by atoms with van der Waals surface area (Å²) in [5, 5.41) is 47.8. The molecule has 0 saturated heterocycles. The van der Waals surface area contributed by atoms with Crippen LogP contribution in [0.25, 0.3) is 0 Å². The second-order valence-corrected chi connectivity index (χ2v) is 4.93. The number of Topliss-reactive ketones (excluding diaryl/α,β-unsaturated/α-hetero) is 1. The molecule has 0 aliphatic carbocycles. The Bertz CT molecular complexity index is 769. The fraction of sp³-hybridized carbons (Fsp3) is 0.133. The van der Waals surface area contributed by atoms with Gasteiger partial charge in [0, 0.05) is 6.07 Å². The van der Waals surface area contributed by atoms with Gasteiger partial charge >= 0.3 is 0 Å².